The third kappa shape index (κ3) is 1.87. The summed E-state index contributed by atoms with van der Waals surface area (Å²) < 4.78 is 0. The first-order valence-corrected chi connectivity index (χ1v) is 6.53. The maximum atomic E-state index is 12.4. The molecule has 4 atom stereocenters. The number of carbonyl (C=O) groups is 1. The minimum atomic E-state index is -1.19. The Balaban J connectivity index is 2.52. The van der Waals surface area contributed by atoms with E-state index in [1.54, 1.807) is 24.3 Å². The van der Waals surface area contributed by atoms with Gasteiger partial charge in [0.05, 0.1) is 0 Å². The fourth-order valence-corrected chi connectivity index (χ4v) is 3.11. The van der Waals surface area contributed by atoms with Gasteiger partial charge in [0.25, 0.3) is 0 Å². The summed E-state index contributed by atoms with van der Waals surface area (Å²) in [5.41, 5.74) is 5.74. The van der Waals surface area contributed by atoms with Crippen LogP contribution < -0.4 is 5.73 Å². The predicted molar refractivity (Wildman–Crippen MR) is 71.3 cm³/mol. The predicted octanol–water partition coefficient (Wildman–Crippen LogP) is 2.10. The molecular formula is C14H18ClNO2. The number of Topliss-reactive ketones (excluding diaryl/α,β-unsaturated/α-hetero) is 1. The van der Waals surface area contributed by atoms with E-state index in [9.17, 15) is 9.90 Å². The Hall–Kier alpha value is -0.900. The van der Waals surface area contributed by atoms with Crippen LogP contribution in [0.5, 0.6) is 0 Å². The molecule has 1 aliphatic carbocycles. The molecule has 0 aromatic heterocycles. The van der Waals surface area contributed by atoms with Crippen LogP contribution in [0.1, 0.15) is 25.8 Å². The van der Waals surface area contributed by atoms with Gasteiger partial charge in [-0.25, -0.2) is 0 Å². The number of hydrogen-bond acceptors (Lipinski definition) is 3. The zero-order valence-electron chi connectivity index (χ0n) is 10.6. The van der Waals surface area contributed by atoms with Gasteiger partial charge in [-0.2, -0.15) is 0 Å². The van der Waals surface area contributed by atoms with Crippen LogP contribution in [0.2, 0.25) is 5.02 Å². The number of aliphatic hydroxyl groups excluding tert-OH is 1. The van der Waals surface area contributed by atoms with Crippen molar-refractivity contribution in [3.05, 3.63) is 34.9 Å². The number of benzene rings is 1. The fourth-order valence-electron chi connectivity index (χ4n) is 2.81. The van der Waals surface area contributed by atoms with E-state index in [0.29, 0.717) is 17.0 Å². The van der Waals surface area contributed by atoms with E-state index in [2.05, 4.69) is 0 Å². The third-order valence-corrected chi connectivity index (χ3v) is 4.37. The zero-order chi connectivity index (χ0) is 13.5. The minimum absolute atomic E-state index is 0.0525. The largest absolute Gasteiger partial charge is 0.385 e. The third-order valence-electron chi connectivity index (χ3n) is 4.04. The average molecular weight is 268 g/mol. The quantitative estimate of drug-likeness (QED) is 0.819. The molecule has 3 nitrogen and oxygen atoms in total. The molecule has 0 heterocycles. The summed E-state index contributed by atoms with van der Waals surface area (Å²) in [6.07, 6.45) is -0.309. The fraction of sp³-hybridized carbons (Fsp3) is 0.500. The highest BCUT2D eigenvalue weighted by atomic mass is 35.5. The van der Waals surface area contributed by atoms with Gasteiger partial charge in [0, 0.05) is 5.02 Å². The van der Waals surface area contributed by atoms with Crippen molar-refractivity contribution in [1.29, 1.82) is 0 Å². The summed E-state index contributed by atoms with van der Waals surface area (Å²) in [6, 6.07) is 7.09. The molecule has 2 rings (SSSR count). The number of nitrogens with two attached hydrogens (primary N) is 1. The molecule has 0 saturated heterocycles. The molecule has 1 fully saturated rings. The zero-order valence-corrected chi connectivity index (χ0v) is 11.3. The molecule has 0 aliphatic heterocycles. The summed E-state index contributed by atoms with van der Waals surface area (Å²) in [6.45, 7) is 3.80. The van der Waals surface area contributed by atoms with E-state index < -0.39 is 11.6 Å². The van der Waals surface area contributed by atoms with E-state index in [1.165, 1.54) is 0 Å². The SMILES string of the molecule is C[C@@H]1C[C@H](C)[C@](N)(c2ccccc2Cl)C(=O)[C@H]1O. The molecule has 0 unspecified atom stereocenters. The summed E-state index contributed by atoms with van der Waals surface area (Å²) in [4.78, 5) is 12.4. The van der Waals surface area contributed by atoms with Crippen molar-refractivity contribution >= 4 is 17.4 Å². The molecule has 4 heteroatoms. The first-order valence-electron chi connectivity index (χ1n) is 6.15. The van der Waals surface area contributed by atoms with Crippen LogP contribution in [0.4, 0.5) is 0 Å². The monoisotopic (exact) mass is 267 g/mol. The highest BCUT2D eigenvalue weighted by Gasteiger charge is 2.50. The van der Waals surface area contributed by atoms with Crippen LogP contribution in [0.15, 0.2) is 24.3 Å². The van der Waals surface area contributed by atoms with Gasteiger partial charge < -0.3 is 10.8 Å². The molecule has 0 spiro atoms. The Morgan fingerprint density at radius 3 is 2.61 bits per heavy atom. The summed E-state index contributed by atoms with van der Waals surface area (Å²) in [7, 11) is 0. The maximum Gasteiger partial charge on any atom is 0.186 e. The van der Waals surface area contributed by atoms with Crippen LogP contribution in [0.25, 0.3) is 0 Å². The van der Waals surface area contributed by atoms with Crippen LogP contribution in [-0.4, -0.2) is 17.0 Å². The first-order chi connectivity index (χ1) is 8.39. The summed E-state index contributed by atoms with van der Waals surface area (Å²) in [5, 5.41) is 10.5. The summed E-state index contributed by atoms with van der Waals surface area (Å²) in [5.74, 6) is -0.447. The van der Waals surface area contributed by atoms with Crippen molar-refractivity contribution in [2.45, 2.75) is 31.9 Å². The molecule has 0 amide bonds. The van der Waals surface area contributed by atoms with E-state index >= 15 is 0 Å². The van der Waals surface area contributed by atoms with E-state index in [4.69, 9.17) is 17.3 Å². The molecule has 1 saturated carbocycles. The number of carbonyl (C=O) groups excluding carboxylic acids is 1. The second kappa shape index (κ2) is 4.65. The van der Waals surface area contributed by atoms with Crippen LogP contribution in [0, 0.1) is 11.8 Å². The van der Waals surface area contributed by atoms with Crippen LogP contribution >= 0.6 is 11.6 Å². The standard InChI is InChI=1S/C14H18ClNO2/c1-8-7-9(2)14(16,13(18)12(8)17)10-5-3-4-6-11(10)15/h3-6,8-9,12,17H,7,16H2,1-2H3/t8-,9+,12+,14+/m1/s1. The second-order valence-electron chi connectivity index (χ2n) is 5.27. The molecule has 98 valence electrons. The van der Waals surface area contributed by atoms with Gasteiger partial charge in [-0.1, -0.05) is 43.6 Å². The number of halogens is 1. The first kappa shape index (κ1) is 13.5. The van der Waals surface area contributed by atoms with Gasteiger partial charge in [0.1, 0.15) is 11.6 Å². The Bertz CT molecular complexity index is 477. The van der Waals surface area contributed by atoms with Gasteiger partial charge in [0.2, 0.25) is 0 Å². The molecular weight excluding hydrogens is 250 g/mol. The van der Waals surface area contributed by atoms with Crippen molar-refractivity contribution in [3.63, 3.8) is 0 Å². The van der Waals surface area contributed by atoms with E-state index in [0.717, 1.165) is 0 Å². The molecule has 0 bridgehead atoms. The number of rotatable bonds is 1. The van der Waals surface area contributed by atoms with Crippen LogP contribution in [0.3, 0.4) is 0 Å². The van der Waals surface area contributed by atoms with Gasteiger partial charge in [-0.05, 0) is 29.9 Å². The number of hydrogen-bond donors (Lipinski definition) is 2. The topological polar surface area (TPSA) is 63.3 Å². The Labute approximate surface area is 112 Å². The number of aliphatic hydroxyl groups is 1. The molecule has 1 aromatic rings. The van der Waals surface area contributed by atoms with Crippen molar-refractivity contribution in [2.75, 3.05) is 0 Å². The van der Waals surface area contributed by atoms with Gasteiger partial charge in [0.15, 0.2) is 5.78 Å². The molecule has 0 radical (unpaired) electrons. The lowest BCUT2D eigenvalue weighted by molar-refractivity contribution is -0.142. The average Bonchev–Trinajstić information content (AvgIpc) is 2.34. The van der Waals surface area contributed by atoms with Gasteiger partial charge >= 0.3 is 0 Å². The van der Waals surface area contributed by atoms with Crippen molar-refractivity contribution in [3.8, 4) is 0 Å². The van der Waals surface area contributed by atoms with Crippen molar-refractivity contribution in [1.82, 2.24) is 0 Å². The highest BCUT2D eigenvalue weighted by Crippen LogP contribution is 2.41. The second-order valence-corrected chi connectivity index (χ2v) is 5.68. The van der Waals surface area contributed by atoms with Crippen LogP contribution in [-0.2, 0) is 10.3 Å². The Morgan fingerprint density at radius 2 is 2.00 bits per heavy atom. The number of ketones is 1. The molecule has 1 aromatic carbocycles. The van der Waals surface area contributed by atoms with Gasteiger partial charge in [-0.3, -0.25) is 4.79 Å². The lowest BCUT2D eigenvalue weighted by Crippen LogP contribution is -2.59. The molecule has 3 N–H and O–H groups in total. The lowest BCUT2D eigenvalue weighted by atomic mass is 9.65. The van der Waals surface area contributed by atoms with E-state index in [-0.39, 0.29) is 17.6 Å². The molecule has 1 aliphatic rings. The molecule has 18 heavy (non-hydrogen) atoms. The minimum Gasteiger partial charge on any atom is -0.385 e. The maximum absolute atomic E-state index is 12.4. The van der Waals surface area contributed by atoms with Crippen molar-refractivity contribution < 1.29 is 9.90 Å². The van der Waals surface area contributed by atoms with Crippen molar-refractivity contribution in [2.24, 2.45) is 17.6 Å². The Morgan fingerprint density at radius 1 is 1.39 bits per heavy atom. The summed E-state index contributed by atoms with van der Waals surface area (Å²) >= 11 is 6.15. The smallest absolute Gasteiger partial charge is 0.186 e. The van der Waals surface area contributed by atoms with Gasteiger partial charge in [-0.15, -0.1) is 0 Å². The normalized spacial score (nSPS) is 36.7. The Kier molecular flexibility index (Phi) is 3.49. The highest BCUT2D eigenvalue weighted by molar-refractivity contribution is 6.31. The van der Waals surface area contributed by atoms with E-state index in [1.807, 2.05) is 13.8 Å². The lowest BCUT2D eigenvalue weighted by Gasteiger charge is -2.43.